The summed E-state index contributed by atoms with van der Waals surface area (Å²) in [4.78, 5) is 23.8. The van der Waals surface area contributed by atoms with E-state index in [1.165, 1.54) is 39.2 Å². The summed E-state index contributed by atoms with van der Waals surface area (Å²) in [6, 6.07) is 4.04. The third-order valence-corrected chi connectivity index (χ3v) is 5.44. The molecule has 23 heavy (non-hydrogen) atoms. The summed E-state index contributed by atoms with van der Waals surface area (Å²) in [5.74, 6) is -1.21. The molecule has 7 nitrogen and oxygen atoms in total. The maximum Gasteiger partial charge on any atom is 0.340 e. The van der Waals surface area contributed by atoms with E-state index in [0.29, 0.717) is 11.0 Å². The molecule has 0 unspecified atom stereocenters. The number of rotatable bonds is 6. The van der Waals surface area contributed by atoms with E-state index >= 15 is 0 Å². The van der Waals surface area contributed by atoms with Gasteiger partial charge < -0.3 is 10.1 Å². The van der Waals surface area contributed by atoms with Crippen molar-refractivity contribution in [3.05, 3.63) is 28.2 Å². The molecule has 1 aromatic carbocycles. The maximum absolute atomic E-state index is 12.2. The average Bonchev–Trinajstić information content (AvgIpc) is 2.47. The number of nitrogens with one attached hydrogen (secondary N) is 1. The summed E-state index contributed by atoms with van der Waals surface area (Å²) in [6.45, 7) is 3.61. The number of benzene rings is 1. The number of carbonyl (C=O) groups excluding carboxylic acids is 2. The molecular weight excluding hydrogens is 388 g/mol. The molecule has 1 atom stereocenters. The number of sulfonamides is 1. The molecule has 0 fully saturated rings. The molecule has 128 valence electrons. The number of nitrogens with zero attached hydrogens (tertiary/aromatic N) is 1. The molecular formula is C14H19BrN2O5S. The van der Waals surface area contributed by atoms with Crippen LogP contribution in [-0.2, 0) is 19.6 Å². The SMILES string of the molecule is CCNC(=O)[C@H](C)OC(=O)c1cc(S(=O)(=O)N(C)C)ccc1Br. The van der Waals surface area contributed by atoms with Crippen LogP contribution in [0.2, 0.25) is 0 Å². The zero-order chi connectivity index (χ0) is 17.8. The van der Waals surface area contributed by atoms with Crippen LogP contribution in [-0.4, -0.2) is 51.3 Å². The van der Waals surface area contributed by atoms with Crippen molar-refractivity contribution in [2.75, 3.05) is 20.6 Å². The highest BCUT2D eigenvalue weighted by molar-refractivity contribution is 9.10. The van der Waals surface area contributed by atoms with Crippen LogP contribution in [0.1, 0.15) is 24.2 Å². The molecule has 0 spiro atoms. The zero-order valence-corrected chi connectivity index (χ0v) is 15.7. The molecule has 1 amide bonds. The number of ether oxygens (including phenoxy) is 1. The quantitative estimate of drug-likeness (QED) is 0.720. The van der Waals surface area contributed by atoms with Crippen molar-refractivity contribution in [2.45, 2.75) is 24.8 Å². The fourth-order valence-electron chi connectivity index (χ4n) is 1.63. The van der Waals surface area contributed by atoms with E-state index in [0.717, 1.165) is 4.31 Å². The molecule has 0 bridgehead atoms. The predicted molar refractivity (Wildman–Crippen MR) is 88.6 cm³/mol. The van der Waals surface area contributed by atoms with Gasteiger partial charge in [0.2, 0.25) is 10.0 Å². The number of halogens is 1. The molecule has 1 aromatic rings. The smallest absolute Gasteiger partial charge is 0.340 e. The number of likely N-dealkylation sites (N-methyl/N-ethyl adjacent to an activating group) is 1. The lowest BCUT2D eigenvalue weighted by Gasteiger charge is -2.15. The van der Waals surface area contributed by atoms with Crippen molar-refractivity contribution in [3.8, 4) is 0 Å². The van der Waals surface area contributed by atoms with Gasteiger partial charge in [-0.2, -0.15) is 0 Å². The fraction of sp³-hybridized carbons (Fsp3) is 0.429. The van der Waals surface area contributed by atoms with Crippen molar-refractivity contribution in [1.29, 1.82) is 0 Å². The van der Waals surface area contributed by atoms with Crippen LogP contribution >= 0.6 is 15.9 Å². The molecule has 0 radical (unpaired) electrons. The van der Waals surface area contributed by atoms with Gasteiger partial charge in [0, 0.05) is 25.1 Å². The minimum absolute atomic E-state index is 0.0315. The van der Waals surface area contributed by atoms with Crippen LogP contribution in [0, 0.1) is 0 Å². The second-order valence-electron chi connectivity index (χ2n) is 4.87. The summed E-state index contributed by atoms with van der Waals surface area (Å²) in [7, 11) is -0.887. The summed E-state index contributed by atoms with van der Waals surface area (Å²) < 4.78 is 30.7. The Bertz CT molecular complexity index is 703. The van der Waals surface area contributed by atoms with Gasteiger partial charge in [-0.3, -0.25) is 4.79 Å². The number of carbonyl (C=O) groups is 2. The van der Waals surface area contributed by atoms with Gasteiger partial charge >= 0.3 is 5.97 Å². The van der Waals surface area contributed by atoms with E-state index in [-0.39, 0.29) is 10.5 Å². The molecule has 1 N–H and O–H groups in total. The third-order valence-electron chi connectivity index (χ3n) is 2.94. The Morgan fingerprint density at radius 3 is 2.48 bits per heavy atom. The molecule has 1 rings (SSSR count). The minimum atomic E-state index is -3.68. The minimum Gasteiger partial charge on any atom is -0.449 e. The van der Waals surface area contributed by atoms with Crippen molar-refractivity contribution in [2.24, 2.45) is 0 Å². The number of hydrogen-bond donors (Lipinski definition) is 1. The number of hydrogen-bond acceptors (Lipinski definition) is 5. The molecule has 0 saturated carbocycles. The summed E-state index contributed by atoms with van der Waals surface area (Å²) >= 11 is 3.18. The van der Waals surface area contributed by atoms with Crippen LogP contribution < -0.4 is 5.32 Å². The topological polar surface area (TPSA) is 92.8 Å². The third kappa shape index (κ3) is 4.76. The Kier molecular flexibility index (Phi) is 6.72. The predicted octanol–water partition coefficient (Wildman–Crippen LogP) is 1.38. The van der Waals surface area contributed by atoms with Gasteiger partial charge in [-0.25, -0.2) is 17.5 Å². The van der Waals surface area contributed by atoms with Gasteiger partial charge in [-0.1, -0.05) is 0 Å². The summed E-state index contributed by atoms with van der Waals surface area (Å²) in [6.07, 6.45) is -0.983. The molecule has 0 aromatic heterocycles. The summed E-state index contributed by atoms with van der Waals surface area (Å²) in [5.41, 5.74) is 0.0315. The molecule has 0 saturated heterocycles. The first-order valence-corrected chi connectivity index (χ1v) is 9.05. The van der Waals surface area contributed by atoms with Gasteiger partial charge in [0.1, 0.15) is 0 Å². The Morgan fingerprint density at radius 1 is 1.35 bits per heavy atom. The van der Waals surface area contributed by atoms with Crippen molar-refractivity contribution in [1.82, 2.24) is 9.62 Å². The fourth-order valence-corrected chi connectivity index (χ4v) is 2.96. The number of amides is 1. The molecule has 0 aliphatic rings. The first-order valence-electron chi connectivity index (χ1n) is 6.82. The highest BCUT2D eigenvalue weighted by Crippen LogP contribution is 2.23. The maximum atomic E-state index is 12.2. The van der Waals surface area contributed by atoms with Gasteiger partial charge in [-0.05, 0) is 48.0 Å². The van der Waals surface area contributed by atoms with Gasteiger partial charge in [-0.15, -0.1) is 0 Å². The van der Waals surface area contributed by atoms with Crippen LogP contribution in [0.4, 0.5) is 0 Å². The van der Waals surface area contributed by atoms with Crippen molar-refractivity contribution < 1.29 is 22.7 Å². The van der Waals surface area contributed by atoms with Gasteiger partial charge in [0.25, 0.3) is 5.91 Å². The molecule has 0 heterocycles. The monoisotopic (exact) mass is 406 g/mol. The first kappa shape index (κ1) is 19.6. The van der Waals surface area contributed by atoms with E-state index in [4.69, 9.17) is 4.74 Å². The Balaban J connectivity index is 3.09. The highest BCUT2D eigenvalue weighted by atomic mass is 79.9. The summed E-state index contributed by atoms with van der Waals surface area (Å²) in [5, 5.41) is 2.54. The van der Waals surface area contributed by atoms with Crippen LogP contribution in [0.25, 0.3) is 0 Å². The standard InChI is InChI=1S/C14H19BrN2O5S/c1-5-16-13(18)9(2)22-14(19)11-8-10(6-7-12(11)15)23(20,21)17(3)4/h6-9H,5H2,1-4H3,(H,16,18)/t9-/m0/s1. The second-order valence-corrected chi connectivity index (χ2v) is 7.88. The average molecular weight is 407 g/mol. The van der Waals surface area contributed by atoms with Crippen LogP contribution in [0.15, 0.2) is 27.6 Å². The van der Waals surface area contributed by atoms with E-state index in [2.05, 4.69) is 21.2 Å². The Hall–Kier alpha value is -1.45. The highest BCUT2D eigenvalue weighted by Gasteiger charge is 2.23. The lowest BCUT2D eigenvalue weighted by atomic mass is 10.2. The molecule has 0 aliphatic carbocycles. The Labute approximate surface area is 144 Å². The Morgan fingerprint density at radius 2 is 1.96 bits per heavy atom. The van der Waals surface area contributed by atoms with E-state index in [1.54, 1.807) is 6.92 Å². The number of esters is 1. The van der Waals surface area contributed by atoms with Crippen molar-refractivity contribution in [3.63, 3.8) is 0 Å². The van der Waals surface area contributed by atoms with E-state index in [1.807, 2.05) is 0 Å². The lowest BCUT2D eigenvalue weighted by molar-refractivity contribution is -0.128. The first-order chi connectivity index (χ1) is 10.6. The van der Waals surface area contributed by atoms with Crippen molar-refractivity contribution >= 4 is 37.8 Å². The largest absolute Gasteiger partial charge is 0.449 e. The van der Waals surface area contributed by atoms with E-state index < -0.39 is 28.0 Å². The van der Waals surface area contributed by atoms with Crippen LogP contribution in [0.3, 0.4) is 0 Å². The van der Waals surface area contributed by atoms with Gasteiger partial charge in [0.15, 0.2) is 6.10 Å². The second kappa shape index (κ2) is 7.89. The van der Waals surface area contributed by atoms with E-state index in [9.17, 15) is 18.0 Å². The molecule has 0 aliphatic heterocycles. The molecule has 9 heteroatoms. The van der Waals surface area contributed by atoms with Crippen LogP contribution in [0.5, 0.6) is 0 Å². The normalized spacial score (nSPS) is 12.8. The zero-order valence-electron chi connectivity index (χ0n) is 13.3. The lowest BCUT2D eigenvalue weighted by Crippen LogP contribution is -2.35. The van der Waals surface area contributed by atoms with Gasteiger partial charge in [0.05, 0.1) is 10.5 Å².